The van der Waals surface area contributed by atoms with Crippen LogP contribution in [0, 0.1) is 12.7 Å². The minimum atomic E-state index is -0.316. The molecule has 2 fully saturated rings. The minimum Gasteiger partial charge on any atom is -0.335 e. The van der Waals surface area contributed by atoms with E-state index < -0.39 is 0 Å². The van der Waals surface area contributed by atoms with Crippen molar-refractivity contribution < 1.29 is 9.18 Å². The molecule has 2 aliphatic carbocycles. The van der Waals surface area contributed by atoms with E-state index in [2.05, 4.69) is 10.00 Å². The van der Waals surface area contributed by atoms with Crippen LogP contribution in [-0.2, 0) is 17.9 Å². The van der Waals surface area contributed by atoms with Crippen LogP contribution in [0.5, 0.6) is 0 Å². The molecule has 182 valence electrons. The number of aromatic nitrogens is 4. The highest BCUT2D eigenvalue weighted by Crippen LogP contribution is 2.32. The summed E-state index contributed by atoms with van der Waals surface area (Å²) >= 11 is 0. The Morgan fingerprint density at radius 3 is 2.29 bits per heavy atom. The molecule has 7 heteroatoms. The molecule has 0 spiro atoms. The van der Waals surface area contributed by atoms with E-state index in [1.807, 2.05) is 29.2 Å². The van der Waals surface area contributed by atoms with E-state index in [4.69, 9.17) is 4.98 Å². The zero-order valence-corrected chi connectivity index (χ0v) is 20.5. The molecule has 0 radical (unpaired) electrons. The molecular weight excluding hydrogens is 429 g/mol. The average Bonchev–Trinajstić information content (AvgIpc) is 3.40. The maximum Gasteiger partial charge on any atom is 0.243 e. The predicted molar refractivity (Wildman–Crippen MR) is 132 cm³/mol. The van der Waals surface area contributed by atoms with Crippen molar-refractivity contribution in [3.63, 3.8) is 0 Å². The summed E-state index contributed by atoms with van der Waals surface area (Å²) in [6, 6.07) is 7.29. The first kappa shape index (κ1) is 23.1. The highest BCUT2D eigenvalue weighted by molar-refractivity contribution is 5.84. The fraction of sp³-hybridized carbons (Fsp3) is 0.593. The summed E-state index contributed by atoms with van der Waals surface area (Å²) in [6.07, 6.45) is 11.7. The largest absolute Gasteiger partial charge is 0.335 e. The van der Waals surface area contributed by atoms with E-state index in [9.17, 15) is 9.18 Å². The summed E-state index contributed by atoms with van der Waals surface area (Å²) in [5, 5.41) is 4.59. The second-order valence-corrected chi connectivity index (χ2v) is 10.0. The number of aryl methyl sites for hydroxylation is 2. The first-order valence-electron chi connectivity index (χ1n) is 13.1. The van der Waals surface area contributed by atoms with E-state index in [-0.39, 0.29) is 18.3 Å². The summed E-state index contributed by atoms with van der Waals surface area (Å²) < 4.78 is 18.1. The van der Waals surface area contributed by atoms with Crippen LogP contribution in [0.15, 0.2) is 24.3 Å². The van der Waals surface area contributed by atoms with Crippen molar-refractivity contribution in [2.24, 2.45) is 0 Å². The van der Waals surface area contributed by atoms with Gasteiger partial charge < -0.3 is 9.47 Å². The maximum atomic E-state index is 14.3. The van der Waals surface area contributed by atoms with Crippen LogP contribution in [0.25, 0.3) is 22.6 Å². The number of benzene rings is 1. The van der Waals surface area contributed by atoms with Crippen molar-refractivity contribution in [2.75, 3.05) is 0 Å². The molecule has 2 saturated carbocycles. The van der Waals surface area contributed by atoms with Crippen LogP contribution in [0.2, 0.25) is 0 Å². The van der Waals surface area contributed by atoms with Gasteiger partial charge in [-0.3, -0.25) is 9.48 Å². The number of rotatable bonds is 6. The lowest BCUT2D eigenvalue weighted by atomic mass is 9.88. The van der Waals surface area contributed by atoms with E-state index in [0.717, 1.165) is 37.1 Å². The molecule has 0 atom stereocenters. The summed E-state index contributed by atoms with van der Waals surface area (Å²) in [6.45, 7) is 4.88. The molecule has 1 amide bonds. The number of hydrogen-bond acceptors (Lipinski definition) is 3. The molecule has 0 bridgehead atoms. The monoisotopic (exact) mass is 465 g/mol. The molecule has 5 rings (SSSR count). The van der Waals surface area contributed by atoms with Gasteiger partial charge in [-0.05, 0) is 63.8 Å². The Balaban J connectivity index is 1.55. The van der Waals surface area contributed by atoms with Gasteiger partial charge >= 0.3 is 0 Å². The minimum absolute atomic E-state index is 0.142. The summed E-state index contributed by atoms with van der Waals surface area (Å²) in [5.74, 6) is 0.510. The SMILES string of the molecule is CCn1nc(C)cc1-c1nc2ccc(F)cc2n1CC(=O)N(C1CCCCC1)C1CCCCC1. The Bertz CT molecular complexity index is 1140. The molecule has 2 aromatic heterocycles. The molecular formula is C27H36FN5O. The first-order valence-corrected chi connectivity index (χ1v) is 13.1. The van der Waals surface area contributed by atoms with Crippen molar-refractivity contribution in [1.82, 2.24) is 24.2 Å². The van der Waals surface area contributed by atoms with Crippen molar-refractivity contribution in [3.8, 4) is 11.5 Å². The number of nitrogens with zero attached hydrogens (tertiary/aromatic N) is 5. The van der Waals surface area contributed by atoms with Crippen LogP contribution in [0.4, 0.5) is 4.39 Å². The second-order valence-electron chi connectivity index (χ2n) is 10.0. The van der Waals surface area contributed by atoms with Crippen LogP contribution in [0.1, 0.15) is 76.8 Å². The lowest BCUT2D eigenvalue weighted by molar-refractivity contribution is -0.138. The lowest BCUT2D eigenvalue weighted by Crippen LogP contribution is -2.50. The number of fused-ring (bicyclic) bond motifs is 1. The number of carbonyl (C=O) groups excluding carboxylic acids is 1. The van der Waals surface area contributed by atoms with Gasteiger partial charge in [-0.2, -0.15) is 5.10 Å². The summed E-state index contributed by atoms with van der Waals surface area (Å²) in [4.78, 5) is 21.1. The first-order chi connectivity index (χ1) is 16.5. The van der Waals surface area contributed by atoms with Gasteiger partial charge in [-0.25, -0.2) is 9.37 Å². The molecule has 2 heterocycles. The van der Waals surface area contributed by atoms with Gasteiger partial charge in [0.25, 0.3) is 0 Å². The second kappa shape index (κ2) is 9.88. The number of halogens is 1. The Kier molecular flexibility index (Phi) is 6.70. The third-order valence-corrected chi connectivity index (χ3v) is 7.66. The maximum absolute atomic E-state index is 14.3. The summed E-state index contributed by atoms with van der Waals surface area (Å²) in [5.41, 5.74) is 3.13. The van der Waals surface area contributed by atoms with Crippen molar-refractivity contribution in [1.29, 1.82) is 0 Å². The number of imidazole rings is 1. The quantitative estimate of drug-likeness (QED) is 0.458. The van der Waals surface area contributed by atoms with Crippen LogP contribution < -0.4 is 0 Å². The van der Waals surface area contributed by atoms with Gasteiger partial charge in [0.05, 0.1) is 16.7 Å². The van der Waals surface area contributed by atoms with Crippen molar-refractivity contribution in [2.45, 2.75) is 103 Å². The molecule has 1 aromatic carbocycles. The fourth-order valence-corrected chi connectivity index (χ4v) is 6.06. The van der Waals surface area contributed by atoms with Crippen molar-refractivity contribution >= 4 is 16.9 Å². The van der Waals surface area contributed by atoms with Crippen molar-refractivity contribution in [3.05, 3.63) is 35.8 Å². The molecule has 3 aromatic rings. The van der Waals surface area contributed by atoms with E-state index in [1.165, 1.54) is 50.7 Å². The van der Waals surface area contributed by atoms with E-state index in [0.29, 0.717) is 35.5 Å². The fourth-order valence-electron chi connectivity index (χ4n) is 6.06. The van der Waals surface area contributed by atoms with Gasteiger partial charge in [0.2, 0.25) is 5.91 Å². The molecule has 0 aliphatic heterocycles. The van der Waals surface area contributed by atoms with Gasteiger partial charge in [0, 0.05) is 18.6 Å². The smallest absolute Gasteiger partial charge is 0.243 e. The van der Waals surface area contributed by atoms with Gasteiger partial charge in [-0.1, -0.05) is 38.5 Å². The van der Waals surface area contributed by atoms with Gasteiger partial charge in [0.1, 0.15) is 18.1 Å². The standard InChI is InChI=1S/C27H36FN5O/c1-3-32-25(16-19(2)30-32)27-29-23-15-14-20(28)17-24(23)31(27)18-26(34)33(21-10-6-4-7-11-21)22-12-8-5-9-13-22/h14-17,21-22H,3-13,18H2,1-2H3. The molecule has 0 N–H and O–H groups in total. The zero-order valence-electron chi connectivity index (χ0n) is 20.5. The highest BCUT2D eigenvalue weighted by Gasteiger charge is 2.33. The third kappa shape index (κ3) is 4.49. The Morgan fingerprint density at radius 1 is 1.03 bits per heavy atom. The van der Waals surface area contributed by atoms with Crippen LogP contribution >= 0.6 is 0 Å². The Hall–Kier alpha value is -2.70. The Morgan fingerprint density at radius 2 is 1.68 bits per heavy atom. The Labute approximate surface area is 201 Å². The molecule has 2 aliphatic rings. The lowest BCUT2D eigenvalue weighted by Gasteiger charge is -2.42. The third-order valence-electron chi connectivity index (χ3n) is 7.66. The van der Waals surface area contributed by atoms with Gasteiger partial charge in [0.15, 0.2) is 5.82 Å². The average molecular weight is 466 g/mol. The van der Waals surface area contributed by atoms with Crippen LogP contribution in [0.3, 0.4) is 0 Å². The molecule has 0 unspecified atom stereocenters. The van der Waals surface area contributed by atoms with Gasteiger partial charge in [-0.15, -0.1) is 0 Å². The topological polar surface area (TPSA) is 56.0 Å². The molecule has 0 saturated heterocycles. The normalized spacial score (nSPS) is 18.0. The zero-order chi connectivity index (χ0) is 23.7. The molecule has 6 nitrogen and oxygen atoms in total. The number of amides is 1. The van der Waals surface area contributed by atoms with E-state index in [1.54, 1.807) is 6.07 Å². The number of hydrogen-bond donors (Lipinski definition) is 0. The highest BCUT2D eigenvalue weighted by atomic mass is 19.1. The predicted octanol–water partition coefficient (Wildman–Crippen LogP) is 5.86. The number of carbonyl (C=O) groups is 1. The van der Waals surface area contributed by atoms with E-state index >= 15 is 0 Å². The van der Waals surface area contributed by atoms with Crippen LogP contribution in [-0.4, -0.2) is 42.2 Å². The summed E-state index contributed by atoms with van der Waals surface area (Å²) in [7, 11) is 0. The molecule has 34 heavy (non-hydrogen) atoms.